The molecule has 0 aliphatic carbocycles. The molecule has 1 unspecified atom stereocenters. The molecule has 1 atom stereocenters. The average molecular weight is 380 g/mol. The van der Waals surface area contributed by atoms with Gasteiger partial charge in [0.25, 0.3) is 0 Å². The summed E-state index contributed by atoms with van der Waals surface area (Å²) in [4.78, 5) is 14.7. The van der Waals surface area contributed by atoms with Gasteiger partial charge in [0.15, 0.2) is 0 Å². The Morgan fingerprint density at radius 3 is 2.73 bits per heavy atom. The molecule has 118 valence electrons. The molecule has 1 heterocycles. The van der Waals surface area contributed by atoms with E-state index >= 15 is 0 Å². The lowest BCUT2D eigenvalue weighted by Crippen LogP contribution is -2.34. The number of benzene rings is 1. The highest BCUT2D eigenvalue weighted by Crippen LogP contribution is 2.28. The summed E-state index contributed by atoms with van der Waals surface area (Å²) in [5.41, 5.74) is 2.42. The van der Waals surface area contributed by atoms with Gasteiger partial charge < -0.3 is 4.90 Å². The highest BCUT2D eigenvalue weighted by atomic mass is 79.9. The minimum absolute atomic E-state index is 0.0884. The molecule has 1 aromatic carbocycles. The molecule has 0 fully saturated rings. The maximum atomic E-state index is 12.7. The molecule has 0 saturated heterocycles. The van der Waals surface area contributed by atoms with Gasteiger partial charge in [0.2, 0.25) is 5.91 Å². The lowest BCUT2D eigenvalue weighted by Gasteiger charge is -2.30. The van der Waals surface area contributed by atoms with Gasteiger partial charge in [-0.25, -0.2) is 0 Å². The second kappa shape index (κ2) is 8.49. The largest absolute Gasteiger partial charge is 0.336 e. The number of rotatable bonds is 7. The number of carbonyl (C=O) groups is 1. The van der Waals surface area contributed by atoms with Gasteiger partial charge in [0.1, 0.15) is 0 Å². The van der Waals surface area contributed by atoms with Crippen molar-refractivity contribution in [2.24, 2.45) is 0 Å². The second-order valence-electron chi connectivity index (χ2n) is 5.42. The van der Waals surface area contributed by atoms with Crippen LogP contribution >= 0.6 is 27.3 Å². The topological polar surface area (TPSA) is 20.3 Å². The summed E-state index contributed by atoms with van der Waals surface area (Å²) in [5.74, 6) is 0.233. The van der Waals surface area contributed by atoms with Crippen molar-refractivity contribution in [1.29, 1.82) is 0 Å². The van der Waals surface area contributed by atoms with Gasteiger partial charge in [-0.1, -0.05) is 41.1 Å². The smallest absolute Gasteiger partial charge is 0.223 e. The highest BCUT2D eigenvalue weighted by molar-refractivity contribution is 9.10. The van der Waals surface area contributed by atoms with Crippen LogP contribution in [-0.4, -0.2) is 17.4 Å². The third-order valence-electron chi connectivity index (χ3n) is 3.82. The first-order chi connectivity index (χ1) is 10.6. The lowest BCUT2D eigenvalue weighted by atomic mass is 10.1. The van der Waals surface area contributed by atoms with E-state index in [0.29, 0.717) is 6.42 Å². The van der Waals surface area contributed by atoms with Crippen molar-refractivity contribution in [2.45, 2.75) is 39.2 Å². The van der Waals surface area contributed by atoms with Crippen LogP contribution in [0.3, 0.4) is 0 Å². The summed E-state index contributed by atoms with van der Waals surface area (Å²) in [7, 11) is 0. The highest BCUT2D eigenvalue weighted by Gasteiger charge is 2.21. The summed E-state index contributed by atoms with van der Waals surface area (Å²) in [6.45, 7) is 5.02. The normalized spacial score (nSPS) is 12.1. The van der Waals surface area contributed by atoms with Crippen molar-refractivity contribution in [3.8, 4) is 0 Å². The molecule has 0 spiro atoms. The third kappa shape index (κ3) is 4.43. The average Bonchev–Trinajstić information content (AvgIpc) is 3.03. The van der Waals surface area contributed by atoms with E-state index in [9.17, 15) is 4.79 Å². The van der Waals surface area contributed by atoms with Gasteiger partial charge in [-0.2, -0.15) is 11.3 Å². The molecule has 0 saturated carbocycles. The van der Waals surface area contributed by atoms with Gasteiger partial charge in [0.05, 0.1) is 6.04 Å². The molecule has 0 radical (unpaired) electrons. The van der Waals surface area contributed by atoms with E-state index in [1.54, 1.807) is 11.3 Å². The molecule has 2 nitrogen and oxygen atoms in total. The predicted octanol–water partition coefficient (Wildman–Crippen LogP) is 5.44. The van der Waals surface area contributed by atoms with Gasteiger partial charge in [-0.3, -0.25) is 4.79 Å². The zero-order chi connectivity index (χ0) is 15.9. The van der Waals surface area contributed by atoms with Crippen molar-refractivity contribution < 1.29 is 4.79 Å². The summed E-state index contributed by atoms with van der Waals surface area (Å²) in [6, 6.07) is 10.3. The van der Waals surface area contributed by atoms with Gasteiger partial charge in [-0.05, 0) is 53.8 Å². The van der Waals surface area contributed by atoms with Crippen LogP contribution in [0.4, 0.5) is 0 Å². The molecule has 1 amide bonds. The van der Waals surface area contributed by atoms with E-state index in [-0.39, 0.29) is 11.9 Å². The zero-order valence-corrected chi connectivity index (χ0v) is 15.5. The van der Waals surface area contributed by atoms with Crippen LogP contribution < -0.4 is 0 Å². The number of aryl methyl sites for hydroxylation is 1. The minimum atomic E-state index is 0.0884. The van der Waals surface area contributed by atoms with Crippen LogP contribution in [0.25, 0.3) is 0 Å². The molecule has 2 rings (SSSR count). The van der Waals surface area contributed by atoms with Crippen LogP contribution in [0.2, 0.25) is 0 Å². The summed E-state index contributed by atoms with van der Waals surface area (Å²) >= 11 is 5.28. The standard InChI is InChI=1S/C18H22BrNOS/c1-3-11-20(14(2)16-6-4-5-7-17(16)19)18(21)9-8-15-10-12-22-13-15/h4-7,10,12-14H,3,8-9,11H2,1-2H3. The minimum Gasteiger partial charge on any atom is -0.336 e. The van der Waals surface area contributed by atoms with Crippen molar-refractivity contribution in [3.05, 3.63) is 56.7 Å². The first kappa shape index (κ1) is 17.2. The number of carbonyl (C=O) groups excluding carboxylic acids is 1. The molecule has 1 aromatic heterocycles. The van der Waals surface area contributed by atoms with Gasteiger partial charge in [-0.15, -0.1) is 0 Å². The fraction of sp³-hybridized carbons (Fsp3) is 0.389. The second-order valence-corrected chi connectivity index (χ2v) is 7.05. The third-order valence-corrected chi connectivity index (χ3v) is 5.27. The number of nitrogens with zero attached hydrogens (tertiary/aromatic N) is 1. The molecular formula is C18H22BrNOS. The molecule has 2 aromatic rings. The van der Waals surface area contributed by atoms with Crippen molar-refractivity contribution in [3.63, 3.8) is 0 Å². The Kier molecular flexibility index (Phi) is 6.65. The summed E-state index contributed by atoms with van der Waals surface area (Å²) < 4.78 is 1.06. The van der Waals surface area contributed by atoms with Crippen LogP contribution in [0.15, 0.2) is 45.6 Å². The number of halogens is 1. The Morgan fingerprint density at radius 2 is 2.09 bits per heavy atom. The Balaban J connectivity index is 2.07. The van der Waals surface area contributed by atoms with E-state index in [1.165, 1.54) is 11.1 Å². The maximum Gasteiger partial charge on any atom is 0.223 e. The molecular weight excluding hydrogens is 358 g/mol. The molecule has 0 bridgehead atoms. The zero-order valence-electron chi connectivity index (χ0n) is 13.1. The van der Waals surface area contributed by atoms with Crippen molar-refractivity contribution >= 4 is 33.2 Å². The van der Waals surface area contributed by atoms with Crippen molar-refractivity contribution in [2.75, 3.05) is 6.54 Å². The van der Waals surface area contributed by atoms with Crippen LogP contribution in [-0.2, 0) is 11.2 Å². The van der Waals surface area contributed by atoms with E-state index in [1.807, 2.05) is 23.1 Å². The van der Waals surface area contributed by atoms with Gasteiger partial charge >= 0.3 is 0 Å². The Labute approximate surface area is 145 Å². The predicted molar refractivity (Wildman–Crippen MR) is 97.2 cm³/mol. The Bertz CT molecular complexity index is 597. The van der Waals surface area contributed by atoms with Gasteiger partial charge in [0, 0.05) is 17.4 Å². The summed E-state index contributed by atoms with van der Waals surface area (Å²) in [5, 5.41) is 4.18. The van der Waals surface area contributed by atoms with Crippen LogP contribution in [0, 0.1) is 0 Å². The van der Waals surface area contributed by atoms with E-state index in [2.05, 4.69) is 52.7 Å². The van der Waals surface area contributed by atoms with E-state index in [4.69, 9.17) is 0 Å². The molecule has 0 aliphatic heterocycles. The molecule has 4 heteroatoms. The number of hydrogen-bond donors (Lipinski definition) is 0. The SMILES string of the molecule is CCCN(C(=O)CCc1ccsc1)C(C)c1ccccc1Br. The fourth-order valence-electron chi connectivity index (χ4n) is 2.59. The summed E-state index contributed by atoms with van der Waals surface area (Å²) in [6.07, 6.45) is 2.37. The van der Waals surface area contributed by atoms with Crippen LogP contribution in [0.5, 0.6) is 0 Å². The first-order valence-corrected chi connectivity index (χ1v) is 9.42. The number of amides is 1. The lowest BCUT2D eigenvalue weighted by molar-refractivity contribution is -0.133. The van der Waals surface area contributed by atoms with Crippen LogP contribution in [0.1, 0.15) is 43.9 Å². The molecule has 0 aliphatic rings. The molecule has 0 N–H and O–H groups in total. The van der Waals surface area contributed by atoms with E-state index in [0.717, 1.165) is 23.9 Å². The first-order valence-electron chi connectivity index (χ1n) is 7.68. The van der Waals surface area contributed by atoms with Crippen molar-refractivity contribution in [1.82, 2.24) is 4.90 Å². The molecule has 22 heavy (non-hydrogen) atoms. The maximum absolute atomic E-state index is 12.7. The Morgan fingerprint density at radius 1 is 1.32 bits per heavy atom. The van der Waals surface area contributed by atoms with E-state index < -0.39 is 0 Å². The fourth-order valence-corrected chi connectivity index (χ4v) is 3.91. The monoisotopic (exact) mass is 379 g/mol. The Hall–Kier alpha value is -1.13. The number of hydrogen-bond acceptors (Lipinski definition) is 2. The quantitative estimate of drug-likeness (QED) is 0.626. The number of thiophene rings is 1.